The van der Waals surface area contributed by atoms with Crippen molar-refractivity contribution >= 4 is 12.4 Å². The summed E-state index contributed by atoms with van der Waals surface area (Å²) in [5, 5.41) is 8.54. The van der Waals surface area contributed by atoms with E-state index in [1.165, 1.54) is 0 Å². The Balaban J connectivity index is 0. The zero-order chi connectivity index (χ0) is 4.57. The molecule has 0 heterocycles. The number of aliphatic hydroxyl groups excluding tert-OH is 1. The first-order valence-corrected chi connectivity index (χ1v) is 2.22. The Bertz CT molecular complexity index is 50.0. The molecule has 1 aliphatic carbocycles. The van der Waals surface area contributed by atoms with Gasteiger partial charge >= 0.3 is 0 Å². The number of hydrogen-bond donors (Lipinski definition) is 2. The van der Waals surface area contributed by atoms with E-state index in [-0.39, 0.29) is 24.0 Å². The third-order valence-electron chi connectivity index (χ3n) is 1.15. The van der Waals surface area contributed by atoms with E-state index >= 15 is 0 Å². The molecular weight excluding hydrogens is 130 g/mol. The molecule has 0 atom stereocenters. The van der Waals surface area contributed by atoms with Crippen LogP contribution in [0.3, 0.4) is 0 Å². The minimum atomic E-state index is -0.0833. The van der Waals surface area contributed by atoms with Gasteiger partial charge in [-0.2, -0.15) is 0 Å². The maximum atomic E-state index is 8.54. The van der Waals surface area contributed by atoms with Crippen LogP contribution in [0.25, 0.3) is 0 Å². The Hall–Kier alpha value is 0.170. The lowest BCUT2D eigenvalue weighted by Crippen LogP contribution is -2.39. The molecule has 0 aromatic rings. The smallest absolute Gasteiger partial charge is 0.0569 e. The Labute approximate surface area is 54.6 Å². The summed E-state index contributed by atoms with van der Waals surface area (Å²) in [7, 11) is 0. The average molecular weight is 142 g/mol. The van der Waals surface area contributed by atoms with Crippen LogP contribution in [0.15, 0.2) is 0 Å². The van der Waals surface area contributed by atoms with Crippen LogP contribution in [0.1, 0.15) is 12.8 Å². The second kappa shape index (κ2) is 4.09. The molecule has 1 rings (SSSR count). The number of halogens is 1. The van der Waals surface area contributed by atoms with Crippen LogP contribution in [0.5, 0.6) is 0 Å². The minimum Gasteiger partial charge on any atom is -0.412 e. The van der Waals surface area contributed by atoms with Gasteiger partial charge in [0, 0.05) is 6.04 Å². The van der Waals surface area contributed by atoms with Gasteiger partial charge in [-0.1, -0.05) is 0 Å². The molecule has 3 nitrogen and oxygen atoms in total. The molecule has 5 N–H and O–H groups in total. The predicted molar refractivity (Wildman–Crippen MR) is 34.1 cm³/mol. The van der Waals surface area contributed by atoms with Crippen LogP contribution < -0.4 is 5.73 Å². The first-order valence-electron chi connectivity index (χ1n) is 2.22. The summed E-state index contributed by atoms with van der Waals surface area (Å²) in [6, 6.07) is 0.292. The minimum absolute atomic E-state index is 0. The Morgan fingerprint density at radius 1 is 1.38 bits per heavy atom. The maximum absolute atomic E-state index is 8.54. The van der Waals surface area contributed by atoms with Crippen LogP contribution in [0.4, 0.5) is 0 Å². The summed E-state index contributed by atoms with van der Waals surface area (Å²) < 4.78 is 0. The van der Waals surface area contributed by atoms with E-state index in [0.717, 1.165) is 12.8 Å². The van der Waals surface area contributed by atoms with Gasteiger partial charge in [0.1, 0.15) is 0 Å². The summed E-state index contributed by atoms with van der Waals surface area (Å²) in [6.45, 7) is 0. The largest absolute Gasteiger partial charge is 0.412 e. The van der Waals surface area contributed by atoms with E-state index in [4.69, 9.17) is 10.8 Å². The molecule has 0 spiro atoms. The maximum Gasteiger partial charge on any atom is 0.0569 e. The highest BCUT2D eigenvalue weighted by Gasteiger charge is 2.22. The van der Waals surface area contributed by atoms with Crippen molar-refractivity contribution in [3.8, 4) is 0 Å². The van der Waals surface area contributed by atoms with Crippen molar-refractivity contribution in [2.75, 3.05) is 0 Å². The monoisotopic (exact) mass is 141 g/mol. The van der Waals surface area contributed by atoms with E-state index in [9.17, 15) is 0 Å². The van der Waals surface area contributed by atoms with Crippen molar-refractivity contribution in [1.82, 2.24) is 0 Å². The normalized spacial score (nSPS) is 33.8. The molecule has 1 saturated carbocycles. The molecule has 52 valence electrons. The fourth-order valence-electron chi connectivity index (χ4n) is 0.630. The summed E-state index contributed by atoms with van der Waals surface area (Å²) in [5.41, 5.74) is 5.31. The highest BCUT2D eigenvalue weighted by molar-refractivity contribution is 5.85. The van der Waals surface area contributed by atoms with Crippen LogP contribution in [0.2, 0.25) is 0 Å². The molecule has 8 heavy (non-hydrogen) atoms. The number of hydrogen-bond acceptors (Lipinski definition) is 2. The molecule has 0 amide bonds. The first-order chi connectivity index (χ1) is 2.79. The number of rotatable bonds is 0. The van der Waals surface area contributed by atoms with E-state index in [0.29, 0.717) is 6.04 Å². The summed E-state index contributed by atoms with van der Waals surface area (Å²) in [6.07, 6.45) is 1.53. The summed E-state index contributed by atoms with van der Waals surface area (Å²) in [4.78, 5) is 0. The SMILES string of the molecule is Cl.NC1CC(O)C1.O. The van der Waals surface area contributed by atoms with Crippen molar-refractivity contribution < 1.29 is 10.6 Å². The Morgan fingerprint density at radius 3 is 1.75 bits per heavy atom. The van der Waals surface area contributed by atoms with E-state index in [1.54, 1.807) is 0 Å². The van der Waals surface area contributed by atoms with Crippen molar-refractivity contribution in [2.24, 2.45) is 5.73 Å². The van der Waals surface area contributed by atoms with Gasteiger partial charge < -0.3 is 16.3 Å². The van der Waals surface area contributed by atoms with Gasteiger partial charge in [-0.25, -0.2) is 0 Å². The molecule has 0 bridgehead atoms. The molecule has 0 radical (unpaired) electrons. The Kier molecular flexibility index (Phi) is 5.64. The molecular formula is C4H12ClNO2. The molecule has 0 saturated heterocycles. The second-order valence-corrected chi connectivity index (χ2v) is 1.89. The highest BCUT2D eigenvalue weighted by Crippen LogP contribution is 2.15. The lowest BCUT2D eigenvalue weighted by Gasteiger charge is -2.26. The summed E-state index contributed by atoms with van der Waals surface area (Å²) in [5.74, 6) is 0. The van der Waals surface area contributed by atoms with Gasteiger partial charge in [0.05, 0.1) is 6.10 Å². The van der Waals surface area contributed by atoms with Gasteiger partial charge in [-0.15, -0.1) is 12.4 Å². The van der Waals surface area contributed by atoms with Crippen molar-refractivity contribution in [3.63, 3.8) is 0 Å². The third-order valence-corrected chi connectivity index (χ3v) is 1.15. The van der Waals surface area contributed by atoms with Crippen molar-refractivity contribution in [2.45, 2.75) is 25.0 Å². The summed E-state index contributed by atoms with van der Waals surface area (Å²) >= 11 is 0. The first kappa shape index (κ1) is 11.0. The standard InChI is InChI=1S/C4H9NO.ClH.H2O/c5-3-1-4(6)2-3;;/h3-4,6H,1-2,5H2;1H;1H2. The number of aliphatic hydroxyl groups is 1. The lowest BCUT2D eigenvalue weighted by atomic mass is 9.91. The van der Waals surface area contributed by atoms with Gasteiger partial charge in [0.25, 0.3) is 0 Å². The zero-order valence-corrected chi connectivity index (χ0v) is 5.32. The predicted octanol–water partition coefficient (Wildman–Crippen LogP) is -0.935. The van der Waals surface area contributed by atoms with Crippen LogP contribution in [-0.2, 0) is 0 Å². The average Bonchev–Trinajstić information content (AvgIpc) is 1.33. The van der Waals surface area contributed by atoms with Gasteiger partial charge in [0.2, 0.25) is 0 Å². The number of nitrogens with two attached hydrogens (primary N) is 1. The molecule has 0 aromatic carbocycles. The fraction of sp³-hybridized carbons (Fsp3) is 1.00. The van der Waals surface area contributed by atoms with Gasteiger partial charge in [0.15, 0.2) is 0 Å². The molecule has 0 aromatic heterocycles. The second-order valence-electron chi connectivity index (χ2n) is 1.89. The van der Waals surface area contributed by atoms with Crippen LogP contribution in [0, 0.1) is 0 Å². The molecule has 1 fully saturated rings. The van der Waals surface area contributed by atoms with E-state index in [2.05, 4.69) is 0 Å². The van der Waals surface area contributed by atoms with E-state index in [1.807, 2.05) is 0 Å². The van der Waals surface area contributed by atoms with Gasteiger partial charge in [-0.05, 0) is 12.8 Å². The van der Waals surface area contributed by atoms with Crippen molar-refractivity contribution in [3.05, 3.63) is 0 Å². The molecule has 1 aliphatic rings. The third kappa shape index (κ3) is 2.47. The Morgan fingerprint density at radius 2 is 1.75 bits per heavy atom. The van der Waals surface area contributed by atoms with Gasteiger partial charge in [-0.3, -0.25) is 0 Å². The topological polar surface area (TPSA) is 77.8 Å². The van der Waals surface area contributed by atoms with E-state index < -0.39 is 0 Å². The molecule has 4 heteroatoms. The quantitative estimate of drug-likeness (QED) is 0.457. The highest BCUT2D eigenvalue weighted by atomic mass is 35.5. The zero-order valence-electron chi connectivity index (χ0n) is 4.50. The van der Waals surface area contributed by atoms with Crippen LogP contribution in [-0.4, -0.2) is 22.7 Å². The van der Waals surface area contributed by atoms with Crippen molar-refractivity contribution in [1.29, 1.82) is 0 Å². The fourth-order valence-corrected chi connectivity index (χ4v) is 0.630. The lowest BCUT2D eigenvalue weighted by molar-refractivity contribution is 0.0770. The molecule has 0 aliphatic heterocycles. The van der Waals surface area contributed by atoms with Crippen LogP contribution >= 0.6 is 12.4 Å². The molecule has 0 unspecified atom stereocenters.